The molecule has 4 heteroatoms. The first-order valence-corrected chi connectivity index (χ1v) is 6.58. The standard InChI is InChI=1S/C15H20N4/c1-19(13-14-7-3-2-4-8-14)12-6-11-18-15-16-9-5-10-17-15/h2-5,7-10H,6,11-13H2,1H3,(H,16,17,18). The Hall–Kier alpha value is -1.94. The van der Waals surface area contributed by atoms with Gasteiger partial charge < -0.3 is 10.2 Å². The van der Waals surface area contributed by atoms with Gasteiger partial charge in [0.15, 0.2) is 0 Å². The predicted octanol–water partition coefficient (Wildman–Crippen LogP) is 2.41. The Labute approximate surface area is 114 Å². The molecule has 1 aromatic carbocycles. The van der Waals surface area contributed by atoms with Crippen LogP contribution >= 0.6 is 0 Å². The second kappa shape index (κ2) is 7.48. The molecule has 0 aliphatic heterocycles. The van der Waals surface area contributed by atoms with Crippen LogP contribution in [-0.2, 0) is 6.54 Å². The molecule has 0 fully saturated rings. The van der Waals surface area contributed by atoms with Crippen molar-refractivity contribution in [1.82, 2.24) is 14.9 Å². The van der Waals surface area contributed by atoms with Crippen LogP contribution in [0, 0.1) is 0 Å². The van der Waals surface area contributed by atoms with Gasteiger partial charge in [0.25, 0.3) is 0 Å². The molecule has 0 amide bonds. The van der Waals surface area contributed by atoms with Crippen LogP contribution in [0.2, 0.25) is 0 Å². The molecule has 2 aromatic rings. The van der Waals surface area contributed by atoms with Gasteiger partial charge in [0.05, 0.1) is 0 Å². The van der Waals surface area contributed by atoms with Gasteiger partial charge >= 0.3 is 0 Å². The van der Waals surface area contributed by atoms with E-state index in [9.17, 15) is 0 Å². The van der Waals surface area contributed by atoms with Crippen molar-refractivity contribution in [2.75, 3.05) is 25.5 Å². The number of hydrogen-bond donors (Lipinski definition) is 1. The van der Waals surface area contributed by atoms with E-state index in [2.05, 4.69) is 51.5 Å². The summed E-state index contributed by atoms with van der Waals surface area (Å²) in [6.45, 7) is 2.93. The van der Waals surface area contributed by atoms with Crippen LogP contribution in [0.25, 0.3) is 0 Å². The number of nitrogens with one attached hydrogen (secondary N) is 1. The quantitative estimate of drug-likeness (QED) is 0.772. The number of rotatable bonds is 7. The molecule has 0 aliphatic carbocycles. The Bertz CT molecular complexity index is 458. The molecule has 0 saturated heterocycles. The van der Waals surface area contributed by atoms with Gasteiger partial charge in [0.2, 0.25) is 5.95 Å². The lowest BCUT2D eigenvalue weighted by atomic mass is 10.2. The van der Waals surface area contributed by atoms with Crippen molar-refractivity contribution < 1.29 is 0 Å². The predicted molar refractivity (Wildman–Crippen MR) is 77.9 cm³/mol. The summed E-state index contributed by atoms with van der Waals surface area (Å²) in [5.74, 6) is 0.702. The highest BCUT2D eigenvalue weighted by molar-refractivity contribution is 5.21. The van der Waals surface area contributed by atoms with Crippen LogP contribution in [0.3, 0.4) is 0 Å². The second-order valence-corrected chi connectivity index (χ2v) is 4.58. The SMILES string of the molecule is CN(CCCNc1ncccn1)Cc1ccccc1. The largest absolute Gasteiger partial charge is 0.354 e. The smallest absolute Gasteiger partial charge is 0.222 e. The Morgan fingerprint density at radius 3 is 2.53 bits per heavy atom. The first-order valence-electron chi connectivity index (χ1n) is 6.58. The van der Waals surface area contributed by atoms with Crippen molar-refractivity contribution >= 4 is 5.95 Å². The Balaban J connectivity index is 1.63. The van der Waals surface area contributed by atoms with E-state index < -0.39 is 0 Å². The van der Waals surface area contributed by atoms with Crippen LogP contribution in [-0.4, -0.2) is 35.0 Å². The molecule has 1 heterocycles. The molecule has 1 N–H and O–H groups in total. The van der Waals surface area contributed by atoms with Gasteiger partial charge in [-0.1, -0.05) is 30.3 Å². The van der Waals surface area contributed by atoms with E-state index in [4.69, 9.17) is 0 Å². The molecule has 0 unspecified atom stereocenters. The fraction of sp³-hybridized carbons (Fsp3) is 0.333. The van der Waals surface area contributed by atoms with E-state index in [0.717, 1.165) is 26.1 Å². The Morgan fingerprint density at radius 1 is 1.05 bits per heavy atom. The minimum absolute atomic E-state index is 0.702. The molecule has 0 spiro atoms. The van der Waals surface area contributed by atoms with Crippen molar-refractivity contribution in [1.29, 1.82) is 0 Å². The van der Waals surface area contributed by atoms with Crippen LogP contribution in [0.1, 0.15) is 12.0 Å². The molecule has 0 bridgehead atoms. The van der Waals surface area contributed by atoms with E-state index in [-0.39, 0.29) is 0 Å². The average Bonchev–Trinajstić information content (AvgIpc) is 2.46. The van der Waals surface area contributed by atoms with E-state index in [1.807, 2.05) is 12.1 Å². The van der Waals surface area contributed by atoms with Crippen LogP contribution in [0.4, 0.5) is 5.95 Å². The fourth-order valence-electron chi connectivity index (χ4n) is 1.91. The van der Waals surface area contributed by atoms with Gasteiger partial charge in [-0.2, -0.15) is 0 Å². The van der Waals surface area contributed by atoms with Gasteiger partial charge in [-0.3, -0.25) is 0 Å². The van der Waals surface area contributed by atoms with Crippen molar-refractivity contribution in [3.63, 3.8) is 0 Å². The third-order valence-electron chi connectivity index (χ3n) is 2.86. The maximum Gasteiger partial charge on any atom is 0.222 e. The summed E-state index contributed by atoms with van der Waals surface area (Å²) in [6.07, 6.45) is 4.56. The summed E-state index contributed by atoms with van der Waals surface area (Å²) in [6, 6.07) is 12.3. The Morgan fingerprint density at radius 2 is 1.79 bits per heavy atom. The lowest BCUT2D eigenvalue weighted by molar-refractivity contribution is 0.325. The summed E-state index contributed by atoms with van der Waals surface area (Å²) >= 11 is 0. The van der Waals surface area contributed by atoms with Gasteiger partial charge in [-0.25, -0.2) is 9.97 Å². The number of hydrogen-bond acceptors (Lipinski definition) is 4. The maximum absolute atomic E-state index is 4.13. The van der Waals surface area contributed by atoms with Crippen molar-refractivity contribution in [2.24, 2.45) is 0 Å². The highest BCUT2D eigenvalue weighted by Crippen LogP contribution is 2.03. The number of benzene rings is 1. The summed E-state index contributed by atoms with van der Waals surface area (Å²) in [5, 5.41) is 3.21. The molecule has 0 atom stereocenters. The van der Waals surface area contributed by atoms with E-state index in [0.29, 0.717) is 5.95 Å². The Kier molecular flexibility index (Phi) is 5.31. The maximum atomic E-state index is 4.13. The third-order valence-corrected chi connectivity index (χ3v) is 2.86. The lowest BCUT2D eigenvalue weighted by Crippen LogP contribution is -2.21. The number of aromatic nitrogens is 2. The normalized spacial score (nSPS) is 10.6. The lowest BCUT2D eigenvalue weighted by Gasteiger charge is -2.16. The van der Waals surface area contributed by atoms with E-state index in [1.54, 1.807) is 12.4 Å². The minimum Gasteiger partial charge on any atom is -0.354 e. The van der Waals surface area contributed by atoms with Gasteiger partial charge in [-0.05, 0) is 31.6 Å². The molecule has 0 saturated carbocycles. The second-order valence-electron chi connectivity index (χ2n) is 4.58. The van der Waals surface area contributed by atoms with Crippen LogP contribution in [0.15, 0.2) is 48.8 Å². The highest BCUT2D eigenvalue weighted by atomic mass is 15.1. The topological polar surface area (TPSA) is 41.0 Å². The zero-order valence-corrected chi connectivity index (χ0v) is 11.3. The average molecular weight is 256 g/mol. The molecule has 2 rings (SSSR count). The van der Waals surface area contributed by atoms with Crippen molar-refractivity contribution in [3.8, 4) is 0 Å². The van der Waals surface area contributed by atoms with Gasteiger partial charge in [0, 0.05) is 25.5 Å². The highest BCUT2D eigenvalue weighted by Gasteiger charge is 2.00. The van der Waals surface area contributed by atoms with Gasteiger partial charge in [0.1, 0.15) is 0 Å². The number of anilines is 1. The van der Waals surface area contributed by atoms with Crippen molar-refractivity contribution in [2.45, 2.75) is 13.0 Å². The monoisotopic (exact) mass is 256 g/mol. The molecular weight excluding hydrogens is 236 g/mol. The van der Waals surface area contributed by atoms with Gasteiger partial charge in [-0.15, -0.1) is 0 Å². The molecule has 0 aliphatic rings. The van der Waals surface area contributed by atoms with Crippen molar-refractivity contribution in [3.05, 3.63) is 54.4 Å². The van der Waals surface area contributed by atoms with E-state index >= 15 is 0 Å². The van der Waals surface area contributed by atoms with E-state index in [1.165, 1.54) is 5.56 Å². The zero-order chi connectivity index (χ0) is 13.3. The van der Waals surface area contributed by atoms with Crippen LogP contribution < -0.4 is 5.32 Å². The summed E-state index contributed by atoms with van der Waals surface area (Å²) in [7, 11) is 2.14. The first-order chi connectivity index (χ1) is 9.34. The molecule has 19 heavy (non-hydrogen) atoms. The molecule has 0 radical (unpaired) electrons. The zero-order valence-electron chi connectivity index (χ0n) is 11.3. The minimum atomic E-state index is 0.702. The molecular formula is C15H20N4. The molecule has 100 valence electrons. The summed E-state index contributed by atoms with van der Waals surface area (Å²) in [4.78, 5) is 10.6. The summed E-state index contributed by atoms with van der Waals surface area (Å²) in [5.41, 5.74) is 1.35. The molecule has 1 aromatic heterocycles. The third kappa shape index (κ3) is 5.06. The fourth-order valence-corrected chi connectivity index (χ4v) is 1.91. The molecule has 4 nitrogen and oxygen atoms in total. The summed E-state index contributed by atoms with van der Waals surface area (Å²) < 4.78 is 0. The van der Waals surface area contributed by atoms with Crippen LogP contribution in [0.5, 0.6) is 0 Å². The first kappa shape index (κ1) is 13.5. The number of nitrogens with zero attached hydrogens (tertiary/aromatic N) is 3.